The fourth-order valence-electron chi connectivity index (χ4n) is 1.39. The maximum Gasteiger partial charge on any atom is 0.334 e. The Bertz CT molecular complexity index is 725. The van der Waals surface area contributed by atoms with Crippen molar-refractivity contribution < 1.29 is 19.5 Å². The molecular formula is C10H5N3O7S. The van der Waals surface area contributed by atoms with E-state index in [1.165, 1.54) is 12.1 Å². The first-order chi connectivity index (χ1) is 9.88. The van der Waals surface area contributed by atoms with Crippen LogP contribution in [0.4, 0.5) is 16.4 Å². The molecule has 0 fully saturated rings. The van der Waals surface area contributed by atoms with Crippen LogP contribution < -0.4 is 4.74 Å². The van der Waals surface area contributed by atoms with Gasteiger partial charge in [-0.1, -0.05) is 0 Å². The first-order valence-electron chi connectivity index (χ1n) is 5.23. The summed E-state index contributed by atoms with van der Waals surface area (Å²) in [7, 11) is 0. The third kappa shape index (κ3) is 3.09. The maximum absolute atomic E-state index is 10.8. The molecule has 0 radical (unpaired) electrons. The summed E-state index contributed by atoms with van der Waals surface area (Å²) in [6.45, 7) is 0. The lowest BCUT2D eigenvalue weighted by molar-refractivity contribution is -0.390. The van der Waals surface area contributed by atoms with Gasteiger partial charge in [-0.05, 0) is 23.5 Å². The molecule has 2 aromatic rings. The van der Waals surface area contributed by atoms with Gasteiger partial charge in [0.25, 0.3) is 10.8 Å². The molecule has 0 amide bonds. The van der Waals surface area contributed by atoms with E-state index in [4.69, 9.17) is 4.74 Å². The smallest absolute Gasteiger partial charge is 0.334 e. The zero-order valence-electron chi connectivity index (χ0n) is 9.99. The molecule has 1 heterocycles. The summed E-state index contributed by atoms with van der Waals surface area (Å²) in [6, 6.07) is 5.60. The Balaban J connectivity index is 2.32. The number of thiophene rings is 1. The number of non-ortho nitro benzene ring substituents is 1. The van der Waals surface area contributed by atoms with Crippen molar-refractivity contribution in [2.75, 3.05) is 0 Å². The standard InChI is InChI=1S/C10H5N3O7S/c14-11(15)6-1-3-7(4-2-6)20-10-8(12(16)17)5-9(21-10)13(18)19/h1-5H. The second-order valence-electron chi connectivity index (χ2n) is 3.62. The van der Waals surface area contributed by atoms with Crippen molar-refractivity contribution in [1.29, 1.82) is 0 Å². The van der Waals surface area contributed by atoms with E-state index in [1.807, 2.05) is 0 Å². The van der Waals surface area contributed by atoms with Gasteiger partial charge in [0, 0.05) is 12.1 Å². The number of benzene rings is 1. The number of nitro groups is 3. The number of hydrogen-bond donors (Lipinski definition) is 0. The third-order valence-electron chi connectivity index (χ3n) is 2.30. The summed E-state index contributed by atoms with van der Waals surface area (Å²) in [5.41, 5.74) is -0.709. The number of ether oxygens (including phenoxy) is 1. The quantitative estimate of drug-likeness (QED) is 0.609. The molecule has 0 unspecified atom stereocenters. The van der Waals surface area contributed by atoms with Gasteiger partial charge in [0.1, 0.15) is 11.8 Å². The van der Waals surface area contributed by atoms with Crippen molar-refractivity contribution >= 4 is 27.7 Å². The molecule has 21 heavy (non-hydrogen) atoms. The Kier molecular flexibility index (Phi) is 3.75. The summed E-state index contributed by atoms with van der Waals surface area (Å²) in [6.07, 6.45) is 0. The first kappa shape index (κ1) is 14.3. The molecule has 10 nitrogen and oxygen atoms in total. The third-order valence-corrected chi connectivity index (χ3v) is 3.26. The first-order valence-corrected chi connectivity index (χ1v) is 6.05. The molecule has 0 atom stereocenters. The summed E-state index contributed by atoms with van der Waals surface area (Å²) >= 11 is 0.504. The zero-order valence-corrected chi connectivity index (χ0v) is 10.8. The van der Waals surface area contributed by atoms with Crippen LogP contribution in [-0.4, -0.2) is 14.8 Å². The van der Waals surface area contributed by atoms with Crippen molar-refractivity contribution in [2.45, 2.75) is 0 Å². The minimum absolute atomic E-state index is 0.0976. The van der Waals surface area contributed by atoms with Gasteiger partial charge in [-0.25, -0.2) is 0 Å². The average molecular weight is 311 g/mol. The molecule has 0 spiro atoms. The van der Waals surface area contributed by atoms with Crippen LogP contribution in [0.3, 0.4) is 0 Å². The molecular weight excluding hydrogens is 306 g/mol. The van der Waals surface area contributed by atoms with Crippen LogP contribution >= 0.6 is 11.3 Å². The number of nitro benzene ring substituents is 1. The number of rotatable bonds is 5. The van der Waals surface area contributed by atoms with Crippen LogP contribution in [0.5, 0.6) is 10.8 Å². The molecule has 1 aromatic carbocycles. The van der Waals surface area contributed by atoms with Crippen LogP contribution in [0, 0.1) is 30.3 Å². The molecule has 0 aliphatic heterocycles. The Morgan fingerprint density at radius 2 is 1.52 bits per heavy atom. The van der Waals surface area contributed by atoms with Gasteiger partial charge >= 0.3 is 10.7 Å². The van der Waals surface area contributed by atoms with E-state index in [9.17, 15) is 30.3 Å². The highest BCUT2D eigenvalue weighted by Gasteiger charge is 2.27. The molecule has 1 aromatic heterocycles. The Morgan fingerprint density at radius 3 is 2.00 bits per heavy atom. The van der Waals surface area contributed by atoms with Gasteiger partial charge in [-0.2, -0.15) is 0 Å². The van der Waals surface area contributed by atoms with Crippen molar-refractivity contribution in [1.82, 2.24) is 0 Å². The Morgan fingerprint density at radius 1 is 0.905 bits per heavy atom. The van der Waals surface area contributed by atoms with Crippen LogP contribution in [0.2, 0.25) is 0 Å². The fraction of sp³-hybridized carbons (Fsp3) is 0. The minimum Gasteiger partial charge on any atom is -0.440 e. The van der Waals surface area contributed by atoms with Crippen LogP contribution in [0.1, 0.15) is 0 Å². The van der Waals surface area contributed by atoms with Gasteiger partial charge < -0.3 is 4.74 Å². The average Bonchev–Trinajstić information content (AvgIpc) is 2.83. The van der Waals surface area contributed by atoms with Crippen molar-refractivity contribution in [3.8, 4) is 10.8 Å². The number of hydrogen-bond acceptors (Lipinski definition) is 8. The van der Waals surface area contributed by atoms with Crippen molar-refractivity contribution in [2.24, 2.45) is 0 Å². The highest BCUT2D eigenvalue weighted by Crippen LogP contribution is 2.43. The van der Waals surface area contributed by atoms with E-state index in [0.29, 0.717) is 11.3 Å². The zero-order chi connectivity index (χ0) is 15.6. The minimum atomic E-state index is -0.801. The lowest BCUT2D eigenvalue weighted by Gasteiger charge is -2.01. The summed E-state index contributed by atoms with van der Waals surface area (Å²) in [5, 5.41) is 31.2. The SMILES string of the molecule is O=[N+]([O-])c1ccc(Oc2sc([N+](=O)[O-])cc2[N+](=O)[O-])cc1. The molecule has 0 bridgehead atoms. The largest absolute Gasteiger partial charge is 0.440 e. The molecule has 2 rings (SSSR count). The van der Waals surface area contributed by atoms with E-state index in [2.05, 4.69) is 0 Å². The van der Waals surface area contributed by atoms with Gasteiger partial charge in [-0.15, -0.1) is 0 Å². The van der Waals surface area contributed by atoms with E-state index >= 15 is 0 Å². The fourth-order valence-corrected chi connectivity index (χ4v) is 2.20. The highest BCUT2D eigenvalue weighted by atomic mass is 32.1. The topological polar surface area (TPSA) is 139 Å². The Labute approximate surface area is 119 Å². The molecule has 0 N–H and O–H groups in total. The summed E-state index contributed by atoms with van der Waals surface area (Å²) < 4.78 is 5.19. The normalized spacial score (nSPS) is 10.1. The second-order valence-corrected chi connectivity index (χ2v) is 4.62. The van der Waals surface area contributed by atoms with Gasteiger partial charge in [0.15, 0.2) is 0 Å². The van der Waals surface area contributed by atoms with Gasteiger partial charge in [0.2, 0.25) is 0 Å². The Hall–Kier alpha value is -3.08. The van der Waals surface area contributed by atoms with Gasteiger partial charge in [0.05, 0.1) is 14.8 Å². The monoisotopic (exact) mass is 311 g/mol. The molecule has 108 valence electrons. The van der Waals surface area contributed by atoms with E-state index < -0.39 is 25.5 Å². The van der Waals surface area contributed by atoms with Crippen LogP contribution in [0.25, 0.3) is 0 Å². The van der Waals surface area contributed by atoms with E-state index in [0.717, 1.165) is 18.2 Å². The highest BCUT2D eigenvalue weighted by molar-refractivity contribution is 7.17. The van der Waals surface area contributed by atoms with Crippen molar-refractivity contribution in [3.05, 3.63) is 60.7 Å². The lowest BCUT2D eigenvalue weighted by atomic mass is 10.3. The second kappa shape index (κ2) is 5.50. The molecule has 0 aliphatic carbocycles. The van der Waals surface area contributed by atoms with E-state index in [-0.39, 0.29) is 16.5 Å². The number of nitrogens with zero attached hydrogens (tertiary/aromatic N) is 3. The summed E-state index contributed by atoms with van der Waals surface area (Å²) in [5.74, 6) is 0.0976. The van der Waals surface area contributed by atoms with Crippen LogP contribution in [-0.2, 0) is 0 Å². The summed E-state index contributed by atoms with van der Waals surface area (Å²) in [4.78, 5) is 29.8. The molecule has 0 saturated heterocycles. The predicted octanol–water partition coefficient (Wildman–Crippen LogP) is 3.27. The van der Waals surface area contributed by atoms with Crippen molar-refractivity contribution in [3.63, 3.8) is 0 Å². The maximum atomic E-state index is 10.8. The molecule has 0 aliphatic rings. The predicted molar refractivity (Wildman–Crippen MR) is 70.8 cm³/mol. The van der Waals surface area contributed by atoms with Crippen LogP contribution in [0.15, 0.2) is 30.3 Å². The molecule has 0 saturated carbocycles. The van der Waals surface area contributed by atoms with Gasteiger partial charge in [-0.3, -0.25) is 30.3 Å². The lowest BCUT2D eigenvalue weighted by Crippen LogP contribution is -1.90. The molecule has 11 heteroatoms. The van der Waals surface area contributed by atoms with E-state index in [1.54, 1.807) is 0 Å².